The third-order valence-electron chi connectivity index (χ3n) is 3.14. The molecule has 0 saturated heterocycles. The summed E-state index contributed by atoms with van der Waals surface area (Å²) in [6.07, 6.45) is 0.347. The number of carboxylic acids is 1. The molecule has 5 N–H and O–H groups in total. The smallest absolute Gasteiger partial charge is 0.326 e. The van der Waals surface area contributed by atoms with Crippen LogP contribution >= 0.6 is 0 Å². The van der Waals surface area contributed by atoms with Gasteiger partial charge in [0.1, 0.15) is 6.04 Å². The molecule has 1 fully saturated rings. The summed E-state index contributed by atoms with van der Waals surface area (Å²) >= 11 is 0. The molecule has 0 radical (unpaired) electrons. The summed E-state index contributed by atoms with van der Waals surface area (Å²) in [7, 11) is 0. The molecule has 0 aliphatic heterocycles. The Morgan fingerprint density at radius 1 is 1.35 bits per heavy atom. The molecular weight excluding hydrogens is 266 g/mol. The summed E-state index contributed by atoms with van der Waals surface area (Å²) in [6.45, 7) is 2.11. The van der Waals surface area contributed by atoms with Crippen LogP contribution in [0.5, 0.6) is 0 Å². The Kier molecular flexibility index (Phi) is 5.48. The van der Waals surface area contributed by atoms with E-state index in [9.17, 15) is 19.2 Å². The van der Waals surface area contributed by atoms with Crippen LogP contribution < -0.4 is 16.4 Å². The van der Waals surface area contributed by atoms with Crippen molar-refractivity contribution in [3.05, 3.63) is 0 Å². The third-order valence-corrected chi connectivity index (χ3v) is 3.14. The van der Waals surface area contributed by atoms with Crippen LogP contribution in [0.15, 0.2) is 0 Å². The maximum Gasteiger partial charge on any atom is 0.326 e. The maximum absolute atomic E-state index is 11.5. The molecule has 8 heteroatoms. The lowest BCUT2D eigenvalue weighted by Crippen LogP contribution is -2.44. The molecule has 0 aromatic carbocycles. The van der Waals surface area contributed by atoms with Crippen LogP contribution in [0.1, 0.15) is 26.2 Å². The molecule has 1 saturated carbocycles. The molecule has 0 bridgehead atoms. The van der Waals surface area contributed by atoms with Crippen molar-refractivity contribution in [2.45, 2.75) is 32.2 Å². The van der Waals surface area contributed by atoms with E-state index in [0.29, 0.717) is 5.92 Å². The van der Waals surface area contributed by atoms with Crippen LogP contribution in [0.2, 0.25) is 0 Å². The van der Waals surface area contributed by atoms with E-state index in [1.54, 1.807) is 0 Å². The van der Waals surface area contributed by atoms with E-state index in [-0.39, 0.29) is 24.8 Å². The van der Waals surface area contributed by atoms with Crippen molar-refractivity contribution in [3.8, 4) is 0 Å². The number of nitrogens with two attached hydrogens (primary N) is 1. The molecule has 0 heterocycles. The molecule has 2 unspecified atom stereocenters. The van der Waals surface area contributed by atoms with Crippen molar-refractivity contribution in [2.24, 2.45) is 17.6 Å². The summed E-state index contributed by atoms with van der Waals surface area (Å²) in [5.41, 5.74) is 4.89. The lowest BCUT2D eigenvalue weighted by atomic mass is 10.2. The number of carbonyl (C=O) groups is 4. The van der Waals surface area contributed by atoms with Gasteiger partial charge in [-0.3, -0.25) is 14.4 Å². The average Bonchev–Trinajstić information content (AvgIpc) is 3.04. The van der Waals surface area contributed by atoms with Gasteiger partial charge < -0.3 is 21.5 Å². The Hall–Kier alpha value is -2.12. The van der Waals surface area contributed by atoms with Gasteiger partial charge in [-0.1, -0.05) is 6.92 Å². The molecule has 0 aromatic heterocycles. The van der Waals surface area contributed by atoms with Gasteiger partial charge in [0.2, 0.25) is 17.7 Å². The minimum atomic E-state index is -1.33. The molecule has 112 valence electrons. The highest BCUT2D eigenvalue weighted by atomic mass is 16.4. The zero-order valence-corrected chi connectivity index (χ0v) is 11.2. The highest BCUT2D eigenvalue weighted by molar-refractivity contribution is 5.88. The van der Waals surface area contributed by atoms with E-state index >= 15 is 0 Å². The molecule has 0 aromatic rings. The van der Waals surface area contributed by atoms with Gasteiger partial charge >= 0.3 is 5.97 Å². The quantitative estimate of drug-likeness (QED) is 0.434. The molecule has 3 atom stereocenters. The maximum atomic E-state index is 11.5. The Bertz CT molecular complexity index is 423. The van der Waals surface area contributed by atoms with Gasteiger partial charge in [-0.05, 0) is 12.3 Å². The second kappa shape index (κ2) is 6.88. The summed E-state index contributed by atoms with van der Waals surface area (Å²) in [5.74, 6) is -2.36. The fourth-order valence-electron chi connectivity index (χ4n) is 1.79. The van der Waals surface area contributed by atoms with E-state index in [0.717, 1.165) is 6.42 Å². The topological polar surface area (TPSA) is 139 Å². The van der Waals surface area contributed by atoms with Crippen LogP contribution in [-0.2, 0) is 19.2 Å². The Morgan fingerprint density at radius 3 is 2.40 bits per heavy atom. The predicted molar refractivity (Wildman–Crippen MR) is 68.3 cm³/mol. The zero-order chi connectivity index (χ0) is 15.3. The number of rotatable bonds is 8. The molecule has 20 heavy (non-hydrogen) atoms. The normalized spacial score (nSPS) is 21.6. The van der Waals surface area contributed by atoms with Gasteiger partial charge in [0.15, 0.2) is 0 Å². The molecule has 1 aliphatic carbocycles. The monoisotopic (exact) mass is 285 g/mol. The average molecular weight is 285 g/mol. The van der Waals surface area contributed by atoms with Gasteiger partial charge in [-0.2, -0.15) is 0 Å². The fourth-order valence-corrected chi connectivity index (χ4v) is 1.79. The third kappa shape index (κ3) is 5.25. The van der Waals surface area contributed by atoms with Crippen LogP contribution in [0.3, 0.4) is 0 Å². The number of nitrogens with one attached hydrogen (secondary N) is 2. The highest BCUT2D eigenvalue weighted by Gasteiger charge is 2.38. The Balaban J connectivity index is 2.25. The van der Waals surface area contributed by atoms with E-state index in [4.69, 9.17) is 10.8 Å². The first-order chi connectivity index (χ1) is 9.31. The van der Waals surface area contributed by atoms with Crippen molar-refractivity contribution >= 4 is 23.7 Å². The number of carboxylic acid groups (broad SMARTS) is 1. The van der Waals surface area contributed by atoms with Gasteiger partial charge in [-0.25, -0.2) is 4.79 Å². The van der Waals surface area contributed by atoms with Crippen LogP contribution in [0.4, 0.5) is 0 Å². The van der Waals surface area contributed by atoms with Crippen molar-refractivity contribution in [1.82, 2.24) is 10.6 Å². The number of hydrogen-bond acceptors (Lipinski definition) is 4. The number of carbonyl (C=O) groups excluding carboxylic acids is 3. The van der Waals surface area contributed by atoms with Crippen molar-refractivity contribution in [1.29, 1.82) is 0 Å². The zero-order valence-electron chi connectivity index (χ0n) is 11.2. The van der Waals surface area contributed by atoms with Gasteiger partial charge in [0, 0.05) is 18.9 Å². The molecule has 0 spiro atoms. The minimum Gasteiger partial charge on any atom is -0.480 e. The van der Waals surface area contributed by atoms with E-state index in [2.05, 4.69) is 10.6 Å². The summed E-state index contributed by atoms with van der Waals surface area (Å²) in [4.78, 5) is 44.4. The minimum absolute atomic E-state index is 0.0275. The van der Waals surface area contributed by atoms with Gasteiger partial charge in [0.05, 0.1) is 6.42 Å². The number of primary amides is 1. The fraction of sp³-hybridized carbons (Fsp3) is 0.667. The van der Waals surface area contributed by atoms with Crippen LogP contribution in [0, 0.1) is 11.8 Å². The largest absolute Gasteiger partial charge is 0.480 e. The first-order valence-corrected chi connectivity index (χ1v) is 6.39. The van der Waals surface area contributed by atoms with Gasteiger partial charge in [0.25, 0.3) is 0 Å². The molecule has 1 aliphatic rings. The van der Waals surface area contributed by atoms with E-state index < -0.39 is 30.2 Å². The first kappa shape index (κ1) is 15.9. The first-order valence-electron chi connectivity index (χ1n) is 6.39. The number of hydrogen-bond donors (Lipinski definition) is 4. The standard InChI is InChI=1S/C12H19N3O5/c1-6-4-7(6)11(18)14-3-2-10(17)15-8(12(19)20)5-9(13)16/h6-8H,2-5H2,1H3,(H2,13,16)(H,14,18)(H,15,17)(H,19,20)/t6?,7?,8-/m1/s1. The SMILES string of the molecule is CC1CC1C(=O)NCCC(=O)N[C@H](CC(N)=O)C(=O)O. The number of amides is 3. The summed E-state index contributed by atoms with van der Waals surface area (Å²) in [5, 5.41) is 13.6. The predicted octanol–water partition coefficient (Wildman–Crippen LogP) is -1.41. The van der Waals surface area contributed by atoms with E-state index in [1.807, 2.05) is 6.92 Å². The van der Waals surface area contributed by atoms with Crippen molar-refractivity contribution in [2.75, 3.05) is 6.54 Å². The highest BCUT2D eigenvalue weighted by Crippen LogP contribution is 2.37. The van der Waals surface area contributed by atoms with E-state index in [1.165, 1.54) is 0 Å². The Labute approximate surface area is 116 Å². The second-order valence-electron chi connectivity index (χ2n) is 4.99. The van der Waals surface area contributed by atoms with Crippen LogP contribution in [0.25, 0.3) is 0 Å². The summed E-state index contributed by atoms with van der Waals surface area (Å²) in [6, 6.07) is -1.33. The van der Waals surface area contributed by atoms with Crippen molar-refractivity contribution in [3.63, 3.8) is 0 Å². The second-order valence-corrected chi connectivity index (χ2v) is 4.99. The number of aliphatic carboxylic acids is 1. The lowest BCUT2D eigenvalue weighted by molar-refractivity contribution is -0.143. The molecule has 1 rings (SSSR count). The molecular formula is C12H19N3O5. The Morgan fingerprint density at radius 2 is 1.95 bits per heavy atom. The van der Waals surface area contributed by atoms with Crippen molar-refractivity contribution < 1.29 is 24.3 Å². The lowest BCUT2D eigenvalue weighted by Gasteiger charge is -2.12. The molecule has 3 amide bonds. The van der Waals surface area contributed by atoms with Gasteiger partial charge in [-0.15, -0.1) is 0 Å². The molecule has 8 nitrogen and oxygen atoms in total. The summed E-state index contributed by atoms with van der Waals surface area (Å²) < 4.78 is 0. The van der Waals surface area contributed by atoms with Crippen LogP contribution in [-0.4, -0.2) is 41.4 Å².